The Hall–Kier alpha value is -3.21. The van der Waals surface area contributed by atoms with Gasteiger partial charge in [-0.25, -0.2) is 16.8 Å². The van der Waals surface area contributed by atoms with E-state index < -0.39 is 32.5 Å². The topological polar surface area (TPSA) is 104 Å². The third-order valence-corrected chi connectivity index (χ3v) is 9.98. The van der Waals surface area contributed by atoms with Crippen molar-refractivity contribution in [2.24, 2.45) is 0 Å². The maximum Gasteiger partial charge on any atom is 0.264 e. The van der Waals surface area contributed by atoms with Crippen LogP contribution >= 0.6 is 0 Å². The fourth-order valence-corrected chi connectivity index (χ4v) is 7.16. The SMILES string of the molecule is Cc1ccc(S(=O)(=O)N(CC(=O)Nc2ccc(S(=O)(=O)N3CCCCCC3)cc2)c2ccccc2)cc1. The van der Waals surface area contributed by atoms with Crippen LogP contribution in [0.15, 0.2) is 88.7 Å². The van der Waals surface area contributed by atoms with Gasteiger partial charge in [0, 0.05) is 18.8 Å². The molecule has 0 aliphatic carbocycles. The zero-order chi connectivity index (χ0) is 26.5. The summed E-state index contributed by atoms with van der Waals surface area (Å²) in [6.07, 6.45) is 3.74. The van der Waals surface area contributed by atoms with Crippen LogP contribution in [0, 0.1) is 6.92 Å². The van der Waals surface area contributed by atoms with Gasteiger partial charge in [-0.2, -0.15) is 4.31 Å². The number of anilines is 2. The number of hydrogen-bond donors (Lipinski definition) is 1. The molecule has 196 valence electrons. The van der Waals surface area contributed by atoms with Crippen molar-refractivity contribution in [1.29, 1.82) is 0 Å². The summed E-state index contributed by atoms with van der Waals surface area (Å²) in [6, 6.07) is 20.8. The molecule has 0 saturated carbocycles. The molecule has 1 aliphatic rings. The van der Waals surface area contributed by atoms with Crippen molar-refractivity contribution >= 4 is 37.3 Å². The Morgan fingerprint density at radius 3 is 1.95 bits per heavy atom. The highest BCUT2D eigenvalue weighted by atomic mass is 32.2. The van der Waals surface area contributed by atoms with Crippen LogP contribution in [0.3, 0.4) is 0 Å². The largest absolute Gasteiger partial charge is 0.325 e. The molecule has 10 heteroatoms. The normalized spacial score (nSPS) is 15.1. The molecule has 0 radical (unpaired) electrons. The van der Waals surface area contributed by atoms with Crippen molar-refractivity contribution in [3.8, 4) is 0 Å². The standard InChI is InChI=1S/C27H31N3O5S2/c1-22-11-15-26(16-12-22)37(34,35)30(24-9-5-4-6-10-24)21-27(31)28-23-13-17-25(18-14-23)36(32,33)29-19-7-2-3-8-20-29/h4-6,9-18H,2-3,7-8,19-21H2,1H3,(H,28,31). The smallest absolute Gasteiger partial charge is 0.264 e. The van der Waals surface area contributed by atoms with E-state index in [0.29, 0.717) is 24.5 Å². The van der Waals surface area contributed by atoms with Gasteiger partial charge < -0.3 is 5.32 Å². The van der Waals surface area contributed by atoms with Gasteiger partial charge in [-0.05, 0) is 68.3 Å². The Balaban J connectivity index is 1.51. The molecule has 1 saturated heterocycles. The van der Waals surface area contributed by atoms with Gasteiger partial charge in [-0.15, -0.1) is 0 Å². The lowest BCUT2D eigenvalue weighted by molar-refractivity contribution is -0.114. The number of aryl methyl sites for hydroxylation is 1. The number of nitrogens with one attached hydrogen (secondary N) is 1. The molecule has 0 aromatic heterocycles. The van der Waals surface area contributed by atoms with Crippen molar-refractivity contribution in [2.45, 2.75) is 42.4 Å². The molecule has 1 aliphatic heterocycles. The van der Waals surface area contributed by atoms with Gasteiger partial charge in [0.25, 0.3) is 10.0 Å². The number of hydrogen-bond acceptors (Lipinski definition) is 5. The number of carbonyl (C=O) groups is 1. The maximum absolute atomic E-state index is 13.4. The number of benzene rings is 3. The highest BCUT2D eigenvalue weighted by Crippen LogP contribution is 2.25. The van der Waals surface area contributed by atoms with Gasteiger partial charge in [-0.1, -0.05) is 48.7 Å². The molecule has 0 atom stereocenters. The molecule has 3 aromatic carbocycles. The Morgan fingerprint density at radius 1 is 0.784 bits per heavy atom. The van der Waals surface area contributed by atoms with E-state index in [9.17, 15) is 21.6 Å². The average molecular weight is 542 g/mol. The van der Waals surface area contributed by atoms with Crippen LogP contribution in [0.25, 0.3) is 0 Å². The zero-order valence-corrected chi connectivity index (χ0v) is 22.3. The number of amides is 1. The van der Waals surface area contributed by atoms with Crippen LogP contribution in [-0.4, -0.2) is 46.7 Å². The van der Waals surface area contributed by atoms with Gasteiger partial charge in [0.1, 0.15) is 6.54 Å². The molecule has 3 aromatic rings. The third-order valence-electron chi connectivity index (χ3n) is 6.28. The zero-order valence-electron chi connectivity index (χ0n) is 20.7. The lowest BCUT2D eigenvalue weighted by Gasteiger charge is -2.24. The first-order chi connectivity index (χ1) is 17.7. The molecule has 0 spiro atoms. The molecule has 4 rings (SSSR count). The molecule has 1 fully saturated rings. The summed E-state index contributed by atoms with van der Waals surface area (Å²) >= 11 is 0. The minimum absolute atomic E-state index is 0.0813. The molecular weight excluding hydrogens is 510 g/mol. The average Bonchev–Trinajstić information content (AvgIpc) is 3.19. The second-order valence-corrected chi connectivity index (χ2v) is 12.9. The van der Waals surface area contributed by atoms with Gasteiger partial charge in [0.05, 0.1) is 15.5 Å². The minimum atomic E-state index is -4.01. The third kappa shape index (κ3) is 6.38. The Labute approximate surface area is 219 Å². The van der Waals surface area contributed by atoms with E-state index in [1.54, 1.807) is 42.5 Å². The van der Waals surface area contributed by atoms with Crippen LogP contribution in [0.2, 0.25) is 0 Å². The van der Waals surface area contributed by atoms with E-state index in [1.165, 1.54) is 40.7 Å². The molecule has 37 heavy (non-hydrogen) atoms. The van der Waals surface area contributed by atoms with Crippen molar-refractivity contribution in [1.82, 2.24) is 4.31 Å². The first kappa shape index (κ1) is 26.8. The summed E-state index contributed by atoms with van der Waals surface area (Å²) in [5.41, 5.74) is 1.65. The van der Waals surface area contributed by atoms with Crippen LogP contribution in [0.1, 0.15) is 31.2 Å². The highest BCUT2D eigenvalue weighted by molar-refractivity contribution is 7.92. The molecule has 1 heterocycles. The van der Waals surface area contributed by atoms with E-state index >= 15 is 0 Å². The van der Waals surface area contributed by atoms with Gasteiger partial charge in [0.2, 0.25) is 15.9 Å². The van der Waals surface area contributed by atoms with Crippen molar-refractivity contribution in [2.75, 3.05) is 29.3 Å². The number of nitrogens with zero attached hydrogens (tertiary/aromatic N) is 2. The molecule has 0 bridgehead atoms. The van der Waals surface area contributed by atoms with Gasteiger partial charge in [-0.3, -0.25) is 9.10 Å². The second kappa shape index (κ2) is 11.5. The lowest BCUT2D eigenvalue weighted by atomic mass is 10.2. The van der Waals surface area contributed by atoms with Crippen LogP contribution in [0.5, 0.6) is 0 Å². The van der Waals surface area contributed by atoms with Gasteiger partial charge in [0.15, 0.2) is 0 Å². The summed E-state index contributed by atoms with van der Waals surface area (Å²) in [6.45, 7) is 2.43. The fraction of sp³-hybridized carbons (Fsp3) is 0.296. The summed E-state index contributed by atoms with van der Waals surface area (Å²) in [7, 11) is -7.62. The van der Waals surface area contributed by atoms with E-state index in [0.717, 1.165) is 35.6 Å². The van der Waals surface area contributed by atoms with Crippen molar-refractivity contribution in [3.63, 3.8) is 0 Å². The molecule has 1 amide bonds. The summed E-state index contributed by atoms with van der Waals surface area (Å²) in [5.74, 6) is -0.553. The molecule has 8 nitrogen and oxygen atoms in total. The lowest BCUT2D eigenvalue weighted by Crippen LogP contribution is -2.38. The van der Waals surface area contributed by atoms with Crippen molar-refractivity contribution < 1.29 is 21.6 Å². The predicted octanol–water partition coefficient (Wildman–Crippen LogP) is 4.39. The van der Waals surface area contributed by atoms with E-state index in [1.807, 2.05) is 6.92 Å². The summed E-state index contributed by atoms with van der Waals surface area (Å²) < 4.78 is 55.5. The molecule has 1 N–H and O–H groups in total. The van der Waals surface area contributed by atoms with Crippen LogP contribution in [0.4, 0.5) is 11.4 Å². The van der Waals surface area contributed by atoms with Crippen LogP contribution < -0.4 is 9.62 Å². The summed E-state index contributed by atoms with van der Waals surface area (Å²) in [5, 5.41) is 2.69. The van der Waals surface area contributed by atoms with Gasteiger partial charge >= 0.3 is 0 Å². The van der Waals surface area contributed by atoms with E-state index in [4.69, 9.17) is 0 Å². The van der Waals surface area contributed by atoms with Crippen molar-refractivity contribution in [3.05, 3.63) is 84.4 Å². The number of sulfonamides is 2. The number of rotatable bonds is 8. The Kier molecular flexibility index (Phi) is 8.31. The Bertz CT molecular complexity index is 1420. The predicted molar refractivity (Wildman–Crippen MR) is 144 cm³/mol. The maximum atomic E-state index is 13.4. The highest BCUT2D eigenvalue weighted by Gasteiger charge is 2.28. The minimum Gasteiger partial charge on any atom is -0.325 e. The molecular formula is C27H31N3O5S2. The number of para-hydroxylation sites is 1. The Morgan fingerprint density at radius 2 is 1.35 bits per heavy atom. The van der Waals surface area contributed by atoms with Crippen LogP contribution in [-0.2, 0) is 24.8 Å². The second-order valence-electron chi connectivity index (χ2n) is 9.05. The first-order valence-electron chi connectivity index (χ1n) is 12.2. The molecule has 0 unspecified atom stereocenters. The monoisotopic (exact) mass is 541 g/mol. The first-order valence-corrected chi connectivity index (χ1v) is 15.1. The summed E-state index contributed by atoms with van der Waals surface area (Å²) in [4.78, 5) is 13.2. The quantitative estimate of drug-likeness (QED) is 0.455. The van der Waals surface area contributed by atoms with E-state index in [2.05, 4.69) is 5.32 Å². The van der Waals surface area contributed by atoms with E-state index in [-0.39, 0.29) is 9.79 Å². The fourth-order valence-electron chi connectivity index (χ4n) is 4.22. The number of carbonyl (C=O) groups excluding carboxylic acids is 1.